The van der Waals surface area contributed by atoms with Crippen LogP contribution in [0, 0.1) is 0 Å². The molecule has 130 valence electrons. The summed E-state index contributed by atoms with van der Waals surface area (Å²) < 4.78 is 27.6. The standard InChI is InChI=1S/C16H21BrN4O2S/c1-2-9-24(22,23)20-13-5-7-21(8-6-13)16-14-10-12(17)3-4-15(14)18-11-19-16/h3-4,10-11,13,20H,2,5-9H2,1H3. The predicted molar refractivity (Wildman–Crippen MR) is 99.7 cm³/mol. The molecule has 1 aliphatic heterocycles. The summed E-state index contributed by atoms with van der Waals surface area (Å²) in [5, 5.41) is 1.01. The Bertz CT molecular complexity index is 820. The second kappa shape index (κ2) is 7.33. The van der Waals surface area contributed by atoms with E-state index in [9.17, 15) is 8.42 Å². The first-order valence-corrected chi connectivity index (χ1v) is 10.6. The van der Waals surface area contributed by atoms with Crippen molar-refractivity contribution >= 4 is 42.7 Å². The Kier molecular flexibility index (Phi) is 5.36. The number of nitrogens with one attached hydrogen (secondary N) is 1. The number of anilines is 1. The Morgan fingerprint density at radius 2 is 2.04 bits per heavy atom. The first kappa shape index (κ1) is 17.6. The van der Waals surface area contributed by atoms with Crippen molar-refractivity contribution in [3.63, 3.8) is 0 Å². The molecule has 2 aromatic rings. The second-order valence-corrected chi connectivity index (χ2v) is 8.85. The summed E-state index contributed by atoms with van der Waals surface area (Å²) in [4.78, 5) is 11.0. The molecular weight excluding hydrogens is 392 g/mol. The van der Waals surface area contributed by atoms with Gasteiger partial charge in [-0.2, -0.15) is 0 Å². The molecule has 1 aliphatic rings. The minimum absolute atomic E-state index is 0.0117. The van der Waals surface area contributed by atoms with Gasteiger partial charge in [0.05, 0.1) is 11.3 Å². The van der Waals surface area contributed by atoms with E-state index in [1.54, 1.807) is 6.33 Å². The highest BCUT2D eigenvalue weighted by Crippen LogP contribution is 2.28. The highest BCUT2D eigenvalue weighted by molar-refractivity contribution is 9.10. The lowest BCUT2D eigenvalue weighted by molar-refractivity contribution is 0.458. The van der Waals surface area contributed by atoms with Gasteiger partial charge in [-0.1, -0.05) is 22.9 Å². The molecule has 0 atom stereocenters. The molecule has 1 aromatic carbocycles. The maximum absolute atomic E-state index is 11.9. The van der Waals surface area contributed by atoms with Crippen molar-refractivity contribution in [2.45, 2.75) is 32.2 Å². The normalized spacial score (nSPS) is 16.7. The fraction of sp³-hybridized carbons (Fsp3) is 0.500. The van der Waals surface area contributed by atoms with E-state index >= 15 is 0 Å². The van der Waals surface area contributed by atoms with Crippen LogP contribution in [0.15, 0.2) is 29.0 Å². The number of aromatic nitrogens is 2. The van der Waals surface area contributed by atoms with Gasteiger partial charge in [-0.15, -0.1) is 0 Å². The number of benzene rings is 1. The molecule has 0 bridgehead atoms. The van der Waals surface area contributed by atoms with E-state index in [4.69, 9.17) is 0 Å². The fourth-order valence-corrected chi connectivity index (χ4v) is 4.82. The summed E-state index contributed by atoms with van der Waals surface area (Å²) in [5.74, 6) is 1.11. The van der Waals surface area contributed by atoms with E-state index in [2.05, 4.69) is 35.5 Å². The van der Waals surface area contributed by atoms with Crippen molar-refractivity contribution < 1.29 is 8.42 Å². The number of fused-ring (bicyclic) bond motifs is 1. The van der Waals surface area contributed by atoms with Gasteiger partial charge in [0.1, 0.15) is 12.1 Å². The van der Waals surface area contributed by atoms with E-state index in [1.807, 2.05) is 25.1 Å². The molecule has 0 unspecified atom stereocenters. The van der Waals surface area contributed by atoms with Gasteiger partial charge in [0.2, 0.25) is 10.0 Å². The van der Waals surface area contributed by atoms with Crippen LogP contribution in [-0.4, -0.2) is 43.3 Å². The SMILES string of the molecule is CCCS(=O)(=O)NC1CCN(c2ncnc3ccc(Br)cc23)CC1. The lowest BCUT2D eigenvalue weighted by Gasteiger charge is -2.33. The van der Waals surface area contributed by atoms with Gasteiger partial charge in [-0.05, 0) is 37.5 Å². The minimum Gasteiger partial charge on any atom is -0.356 e. The van der Waals surface area contributed by atoms with Crippen LogP contribution in [0.1, 0.15) is 26.2 Å². The highest BCUT2D eigenvalue weighted by Gasteiger charge is 2.24. The molecule has 6 nitrogen and oxygen atoms in total. The second-order valence-electron chi connectivity index (χ2n) is 6.06. The molecular formula is C16H21BrN4O2S. The molecule has 1 N–H and O–H groups in total. The van der Waals surface area contributed by atoms with Crippen molar-refractivity contribution in [2.75, 3.05) is 23.7 Å². The number of hydrogen-bond acceptors (Lipinski definition) is 5. The van der Waals surface area contributed by atoms with Crippen LogP contribution in [0.5, 0.6) is 0 Å². The molecule has 24 heavy (non-hydrogen) atoms. The molecule has 1 fully saturated rings. The van der Waals surface area contributed by atoms with Crippen molar-refractivity contribution in [1.29, 1.82) is 0 Å². The van der Waals surface area contributed by atoms with Gasteiger partial charge in [-0.25, -0.2) is 23.1 Å². The van der Waals surface area contributed by atoms with Gasteiger partial charge in [-0.3, -0.25) is 0 Å². The molecule has 0 radical (unpaired) electrons. The Hall–Kier alpha value is -1.25. The van der Waals surface area contributed by atoms with Gasteiger partial charge in [0, 0.05) is 29.0 Å². The largest absolute Gasteiger partial charge is 0.356 e. The van der Waals surface area contributed by atoms with Crippen molar-refractivity contribution in [3.8, 4) is 0 Å². The van der Waals surface area contributed by atoms with E-state index in [0.717, 1.165) is 47.1 Å². The highest BCUT2D eigenvalue weighted by atomic mass is 79.9. The molecule has 2 heterocycles. The smallest absolute Gasteiger partial charge is 0.211 e. The Balaban J connectivity index is 1.72. The zero-order valence-electron chi connectivity index (χ0n) is 13.6. The molecule has 3 rings (SSSR count). The van der Waals surface area contributed by atoms with Crippen LogP contribution in [0.3, 0.4) is 0 Å². The average Bonchev–Trinajstić information content (AvgIpc) is 2.54. The summed E-state index contributed by atoms with van der Waals surface area (Å²) in [6, 6.07) is 5.97. The molecule has 0 saturated carbocycles. The van der Waals surface area contributed by atoms with Crippen molar-refractivity contribution in [1.82, 2.24) is 14.7 Å². The van der Waals surface area contributed by atoms with Gasteiger partial charge < -0.3 is 4.90 Å². The molecule has 0 spiro atoms. The number of hydrogen-bond donors (Lipinski definition) is 1. The zero-order chi connectivity index (χ0) is 17.2. The van der Waals surface area contributed by atoms with Crippen molar-refractivity contribution in [3.05, 3.63) is 29.0 Å². The topological polar surface area (TPSA) is 75.2 Å². The van der Waals surface area contributed by atoms with Gasteiger partial charge in [0.25, 0.3) is 0 Å². The summed E-state index contributed by atoms with van der Waals surface area (Å²) >= 11 is 3.50. The Labute approximate surface area is 150 Å². The van der Waals surface area contributed by atoms with E-state index < -0.39 is 10.0 Å². The summed E-state index contributed by atoms with van der Waals surface area (Å²) in [5.41, 5.74) is 0.911. The average molecular weight is 413 g/mol. The number of sulfonamides is 1. The molecule has 0 aliphatic carbocycles. The zero-order valence-corrected chi connectivity index (χ0v) is 16.0. The molecule has 1 saturated heterocycles. The summed E-state index contributed by atoms with van der Waals surface area (Å²) in [6.45, 7) is 3.43. The number of rotatable bonds is 5. The first-order valence-electron chi connectivity index (χ1n) is 8.14. The van der Waals surface area contributed by atoms with E-state index in [0.29, 0.717) is 6.42 Å². The Morgan fingerprint density at radius 3 is 2.75 bits per heavy atom. The first-order chi connectivity index (χ1) is 11.5. The quantitative estimate of drug-likeness (QED) is 0.816. The van der Waals surface area contributed by atoms with E-state index in [1.165, 1.54) is 0 Å². The predicted octanol–water partition coefficient (Wildman–Crippen LogP) is 2.69. The van der Waals surface area contributed by atoms with Crippen molar-refractivity contribution in [2.24, 2.45) is 0 Å². The monoisotopic (exact) mass is 412 g/mol. The summed E-state index contributed by atoms with van der Waals surface area (Å²) in [6.07, 6.45) is 3.78. The lowest BCUT2D eigenvalue weighted by atomic mass is 10.1. The van der Waals surface area contributed by atoms with Crippen LogP contribution in [0.2, 0.25) is 0 Å². The third-order valence-corrected chi connectivity index (χ3v) is 6.32. The summed E-state index contributed by atoms with van der Waals surface area (Å²) in [7, 11) is -3.15. The van der Waals surface area contributed by atoms with Gasteiger partial charge >= 0.3 is 0 Å². The number of nitrogens with zero attached hydrogens (tertiary/aromatic N) is 3. The maximum Gasteiger partial charge on any atom is 0.211 e. The molecule has 0 amide bonds. The minimum atomic E-state index is -3.15. The van der Waals surface area contributed by atoms with Crippen LogP contribution < -0.4 is 9.62 Å². The third-order valence-electron chi connectivity index (χ3n) is 4.19. The lowest BCUT2D eigenvalue weighted by Crippen LogP contribution is -2.45. The Morgan fingerprint density at radius 1 is 1.29 bits per heavy atom. The van der Waals surface area contributed by atoms with Crippen LogP contribution >= 0.6 is 15.9 Å². The molecule has 1 aromatic heterocycles. The third kappa shape index (κ3) is 4.04. The van der Waals surface area contributed by atoms with Gasteiger partial charge in [0.15, 0.2) is 0 Å². The van der Waals surface area contributed by atoms with E-state index in [-0.39, 0.29) is 11.8 Å². The van der Waals surface area contributed by atoms with Crippen LogP contribution in [-0.2, 0) is 10.0 Å². The number of halogens is 1. The number of piperidine rings is 1. The molecule has 8 heteroatoms. The fourth-order valence-electron chi connectivity index (χ4n) is 3.06. The van der Waals surface area contributed by atoms with Crippen LogP contribution in [0.25, 0.3) is 10.9 Å². The van der Waals surface area contributed by atoms with Crippen LogP contribution in [0.4, 0.5) is 5.82 Å². The maximum atomic E-state index is 11.9.